The number of esters is 1. The van der Waals surface area contributed by atoms with Crippen molar-refractivity contribution in [2.75, 3.05) is 7.11 Å². The van der Waals surface area contributed by atoms with E-state index in [9.17, 15) is 19.8 Å². The third-order valence-corrected chi connectivity index (χ3v) is 2.02. The minimum Gasteiger partial charge on any atom is -0.469 e. The lowest BCUT2D eigenvalue weighted by molar-refractivity contribution is -0.145. The topological polar surface area (TPSA) is 97.0 Å². The van der Waals surface area contributed by atoms with Crippen molar-refractivity contribution in [3.63, 3.8) is 0 Å². The van der Waals surface area contributed by atoms with Crippen LogP contribution in [0.2, 0.25) is 0 Å². The molecule has 6 nitrogen and oxygen atoms in total. The predicted molar refractivity (Wildman–Crippen MR) is 51.7 cm³/mol. The number of hydrogen-bond donors (Lipinski definition) is 2. The summed E-state index contributed by atoms with van der Waals surface area (Å²) in [6, 6.07) is 2.71. The SMILES string of the molecule is COC(=O)CC(O)C(O)c1ccc(C=O)o1. The summed E-state index contributed by atoms with van der Waals surface area (Å²) >= 11 is 0. The average molecular weight is 228 g/mol. The van der Waals surface area contributed by atoms with Crippen LogP contribution in [0.1, 0.15) is 28.8 Å². The first-order chi connectivity index (χ1) is 7.58. The van der Waals surface area contributed by atoms with E-state index in [1.54, 1.807) is 0 Å². The predicted octanol–water partition coefficient (Wildman–Crippen LogP) is 0.0495. The Morgan fingerprint density at radius 1 is 1.56 bits per heavy atom. The molecule has 0 aliphatic rings. The lowest BCUT2D eigenvalue weighted by atomic mass is 10.1. The van der Waals surface area contributed by atoms with Gasteiger partial charge in [0.2, 0.25) is 0 Å². The first-order valence-electron chi connectivity index (χ1n) is 4.56. The van der Waals surface area contributed by atoms with E-state index in [1.807, 2.05) is 0 Å². The van der Waals surface area contributed by atoms with Crippen molar-refractivity contribution >= 4 is 12.3 Å². The summed E-state index contributed by atoms with van der Waals surface area (Å²) in [6.45, 7) is 0. The largest absolute Gasteiger partial charge is 0.469 e. The summed E-state index contributed by atoms with van der Waals surface area (Å²) in [5.41, 5.74) is 0. The lowest BCUT2D eigenvalue weighted by Gasteiger charge is -2.14. The molecule has 0 saturated carbocycles. The van der Waals surface area contributed by atoms with Crippen LogP contribution in [0.3, 0.4) is 0 Å². The number of carbonyl (C=O) groups is 2. The highest BCUT2D eigenvalue weighted by Crippen LogP contribution is 2.21. The molecular formula is C10H12O6. The minimum absolute atomic E-state index is 0.0264. The molecule has 1 rings (SSSR count). The van der Waals surface area contributed by atoms with E-state index in [0.717, 1.165) is 0 Å². The normalized spacial score (nSPS) is 14.2. The molecule has 0 radical (unpaired) electrons. The monoisotopic (exact) mass is 228 g/mol. The third-order valence-electron chi connectivity index (χ3n) is 2.02. The maximum Gasteiger partial charge on any atom is 0.308 e. The Morgan fingerprint density at radius 2 is 2.25 bits per heavy atom. The van der Waals surface area contributed by atoms with Crippen molar-refractivity contribution in [2.45, 2.75) is 18.6 Å². The fourth-order valence-electron chi connectivity index (χ4n) is 1.15. The van der Waals surface area contributed by atoms with Crippen LogP contribution >= 0.6 is 0 Å². The van der Waals surface area contributed by atoms with Crippen molar-refractivity contribution in [1.82, 2.24) is 0 Å². The fraction of sp³-hybridized carbons (Fsp3) is 0.400. The van der Waals surface area contributed by atoms with Crippen LogP contribution in [0, 0.1) is 0 Å². The quantitative estimate of drug-likeness (QED) is 0.546. The van der Waals surface area contributed by atoms with E-state index in [1.165, 1.54) is 19.2 Å². The third kappa shape index (κ3) is 2.91. The highest BCUT2D eigenvalue weighted by atomic mass is 16.5. The van der Waals surface area contributed by atoms with Crippen molar-refractivity contribution in [2.24, 2.45) is 0 Å². The van der Waals surface area contributed by atoms with Gasteiger partial charge in [0.15, 0.2) is 12.0 Å². The molecule has 0 fully saturated rings. The Bertz CT molecular complexity index is 369. The summed E-state index contributed by atoms with van der Waals surface area (Å²) in [7, 11) is 1.18. The molecule has 0 amide bonds. The number of aldehydes is 1. The van der Waals surface area contributed by atoms with Crippen LogP contribution in [0.15, 0.2) is 16.5 Å². The lowest BCUT2D eigenvalue weighted by Crippen LogP contribution is -2.22. The molecule has 1 aromatic heterocycles. The fourth-order valence-corrected chi connectivity index (χ4v) is 1.15. The second kappa shape index (κ2) is 5.43. The van der Waals surface area contributed by atoms with Crippen LogP contribution in [0.5, 0.6) is 0 Å². The van der Waals surface area contributed by atoms with Gasteiger partial charge in [-0.05, 0) is 12.1 Å². The highest BCUT2D eigenvalue weighted by molar-refractivity contribution is 5.70. The van der Waals surface area contributed by atoms with Crippen molar-refractivity contribution in [3.05, 3.63) is 23.7 Å². The van der Waals surface area contributed by atoms with Gasteiger partial charge in [-0.1, -0.05) is 0 Å². The number of carbonyl (C=O) groups excluding carboxylic acids is 2. The van der Waals surface area contributed by atoms with Gasteiger partial charge in [0.25, 0.3) is 0 Å². The van der Waals surface area contributed by atoms with Gasteiger partial charge >= 0.3 is 5.97 Å². The molecule has 2 atom stereocenters. The Labute approximate surface area is 91.4 Å². The maximum absolute atomic E-state index is 10.8. The number of rotatable bonds is 5. The van der Waals surface area contributed by atoms with E-state index in [2.05, 4.69) is 4.74 Å². The van der Waals surface area contributed by atoms with E-state index in [0.29, 0.717) is 6.29 Å². The van der Waals surface area contributed by atoms with Gasteiger partial charge in [0.1, 0.15) is 11.9 Å². The van der Waals surface area contributed by atoms with Crippen LogP contribution in [0.4, 0.5) is 0 Å². The van der Waals surface area contributed by atoms with E-state index in [-0.39, 0.29) is 17.9 Å². The molecule has 1 heterocycles. The van der Waals surface area contributed by atoms with Gasteiger partial charge in [-0.15, -0.1) is 0 Å². The molecule has 0 bridgehead atoms. The second-order valence-corrected chi connectivity index (χ2v) is 3.15. The zero-order valence-electron chi connectivity index (χ0n) is 8.62. The van der Waals surface area contributed by atoms with Gasteiger partial charge in [0.05, 0.1) is 19.6 Å². The number of hydrogen-bond acceptors (Lipinski definition) is 6. The maximum atomic E-state index is 10.8. The zero-order chi connectivity index (χ0) is 12.1. The number of aliphatic hydroxyl groups is 2. The number of methoxy groups -OCH3 is 1. The first-order valence-corrected chi connectivity index (χ1v) is 4.56. The average Bonchev–Trinajstić information content (AvgIpc) is 2.76. The van der Waals surface area contributed by atoms with E-state index >= 15 is 0 Å². The standard InChI is InChI=1S/C10H12O6/c1-15-9(13)4-7(12)10(14)8-3-2-6(5-11)16-8/h2-3,5,7,10,12,14H,4H2,1H3. The van der Waals surface area contributed by atoms with Gasteiger partial charge in [-0.3, -0.25) is 9.59 Å². The number of aliphatic hydroxyl groups excluding tert-OH is 2. The highest BCUT2D eigenvalue weighted by Gasteiger charge is 2.24. The first kappa shape index (κ1) is 12.4. The molecule has 0 aromatic carbocycles. The molecule has 0 aliphatic heterocycles. The molecule has 16 heavy (non-hydrogen) atoms. The van der Waals surface area contributed by atoms with Crippen molar-refractivity contribution < 1.29 is 29.0 Å². The molecular weight excluding hydrogens is 216 g/mol. The summed E-state index contributed by atoms with van der Waals surface area (Å²) in [4.78, 5) is 21.2. The molecule has 1 aromatic rings. The Hall–Kier alpha value is -1.66. The molecule has 6 heteroatoms. The molecule has 0 spiro atoms. The minimum atomic E-state index is -1.37. The molecule has 2 unspecified atom stereocenters. The summed E-state index contributed by atoms with van der Waals surface area (Å²) < 4.78 is 9.24. The van der Waals surface area contributed by atoms with Crippen LogP contribution < -0.4 is 0 Å². The summed E-state index contributed by atoms with van der Waals surface area (Å²) in [6.07, 6.45) is -2.58. The molecule has 0 saturated heterocycles. The van der Waals surface area contributed by atoms with E-state index < -0.39 is 18.2 Å². The Balaban J connectivity index is 2.65. The molecule has 2 N–H and O–H groups in total. The van der Waals surface area contributed by atoms with Gasteiger partial charge < -0.3 is 19.4 Å². The molecule has 0 aliphatic carbocycles. The number of ether oxygens (including phenoxy) is 1. The summed E-state index contributed by atoms with van der Waals surface area (Å²) in [5, 5.41) is 19.0. The van der Waals surface area contributed by atoms with Crippen molar-refractivity contribution in [3.8, 4) is 0 Å². The van der Waals surface area contributed by atoms with Crippen molar-refractivity contribution in [1.29, 1.82) is 0 Å². The summed E-state index contributed by atoms with van der Waals surface area (Å²) in [5.74, 6) is -0.577. The van der Waals surface area contributed by atoms with Crippen LogP contribution in [0.25, 0.3) is 0 Å². The van der Waals surface area contributed by atoms with E-state index in [4.69, 9.17) is 4.42 Å². The Kier molecular flexibility index (Phi) is 4.21. The van der Waals surface area contributed by atoms with Gasteiger partial charge in [0, 0.05) is 0 Å². The number of furan rings is 1. The van der Waals surface area contributed by atoms with Gasteiger partial charge in [-0.25, -0.2) is 0 Å². The zero-order valence-corrected chi connectivity index (χ0v) is 8.62. The van der Waals surface area contributed by atoms with Gasteiger partial charge in [-0.2, -0.15) is 0 Å². The second-order valence-electron chi connectivity index (χ2n) is 3.15. The Morgan fingerprint density at radius 3 is 2.75 bits per heavy atom. The van der Waals surface area contributed by atoms with Crippen LogP contribution in [-0.4, -0.2) is 35.7 Å². The van der Waals surface area contributed by atoms with Crippen LogP contribution in [-0.2, 0) is 9.53 Å². The molecule has 88 valence electrons. The smallest absolute Gasteiger partial charge is 0.308 e.